The van der Waals surface area contributed by atoms with Gasteiger partial charge in [-0.05, 0) is 44.9 Å². The third-order valence-corrected chi connectivity index (χ3v) is 5.13. The smallest absolute Gasteiger partial charge is 0.297 e. The second-order valence-electron chi connectivity index (χ2n) is 6.87. The largest absolute Gasteiger partial charge is 0.487 e. The van der Waals surface area contributed by atoms with Gasteiger partial charge in [-0.3, -0.25) is 4.57 Å². The molecule has 0 spiro atoms. The number of benzene rings is 1. The molecule has 0 amide bonds. The van der Waals surface area contributed by atoms with E-state index in [4.69, 9.17) is 9.47 Å². The maximum Gasteiger partial charge on any atom is 0.297 e. The number of ether oxygens (including phenoxy) is 2. The molecule has 0 saturated heterocycles. The molecule has 0 N–H and O–H groups in total. The van der Waals surface area contributed by atoms with E-state index in [1.165, 1.54) is 11.0 Å². The number of imidazole rings is 1. The lowest BCUT2D eigenvalue weighted by Crippen LogP contribution is -2.25. The molecule has 130 valence electrons. The number of rotatable bonds is 4. The van der Waals surface area contributed by atoms with Gasteiger partial charge in [0.2, 0.25) is 0 Å². The molecule has 2 aliphatic rings. The molecule has 2 fully saturated rings. The summed E-state index contributed by atoms with van der Waals surface area (Å²) >= 11 is 0. The zero-order valence-electron chi connectivity index (χ0n) is 13.9. The second-order valence-corrected chi connectivity index (χ2v) is 6.87. The van der Waals surface area contributed by atoms with Crippen LogP contribution in [0.15, 0.2) is 6.07 Å². The van der Waals surface area contributed by atoms with Gasteiger partial charge in [0.25, 0.3) is 6.01 Å². The van der Waals surface area contributed by atoms with Gasteiger partial charge in [0, 0.05) is 13.1 Å². The summed E-state index contributed by atoms with van der Waals surface area (Å²) in [7, 11) is 1.66. The van der Waals surface area contributed by atoms with Crippen molar-refractivity contribution in [3.8, 4) is 11.8 Å². The standard InChI is InChI=1S/C18H22F2N2O2/c1-22-17-15(20)14(23-11-8-5-9-11)10-13(19)16(17)21-18(22)24-12-6-3-2-4-7-12/h10-12H,2-9H2,1H3. The van der Waals surface area contributed by atoms with Crippen LogP contribution in [0.25, 0.3) is 11.0 Å². The number of aryl methyl sites for hydroxylation is 1. The minimum absolute atomic E-state index is 0.00164. The summed E-state index contributed by atoms with van der Waals surface area (Å²) < 4.78 is 42.2. The summed E-state index contributed by atoms with van der Waals surface area (Å²) in [4.78, 5) is 4.19. The molecule has 4 rings (SSSR count). The molecule has 1 heterocycles. The van der Waals surface area contributed by atoms with Gasteiger partial charge in [0.15, 0.2) is 17.4 Å². The highest BCUT2D eigenvalue weighted by Crippen LogP contribution is 2.35. The first kappa shape index (κ1) is 15.7. The number of fused-ring (bicyclic) bond motifs is 1. The normalized spacial score (nSPS) is 19.5. The monoisotopic (exact) mass is 336 g/mol. The van der Waals surface area contributed by atoms with Crippen molar-refractivity contribution < 1.29 is 18.3 Å². The van der Waals surface area contributed by atoms with Gasteiger partial charge in [0.05, 0.1) is 6.10 Å². The number of halogens is 2. The van der Waals surface area contributed by atoms with Crippen molar-refractivity contribution in [2.24, 2.45) is 7.05 Å². The van der Waals surface area contributed by atoms with Crippen molar-refractivity contribution in [1.29, 1.82) is 0 Å². The van der Waals surface area contributed by atoms with E-state index in [9.17, 15) is 8.78 Å². The van der Waals surface area contributed by atoms with Crippen LogP contribution < -0.4 is 9.47 Å². The first-order chi connectivity index (χ1) is 11.6. The number of hydrogen-bond donors (Lipinski definition) is 0. The Morgan fingerprint density at radius 3 is 2.33 bits per heavy atom. The van der Waals surface area contributed by atoms with Crippen molar-refractivity contribution in [3.05, 3.63) is 17.7 Å². The molecule has 0 atom stereocenters. The maximum absolute atomic E-state index is 14.8. The van der Waals surface area contributed by atoms with Crippen LogP contribution in [0.3, 0.4) is 0 Å². The van der Waals surface area contributed by atoms with E-state index in [0.29, 0.717) is 0 Å². The Bertz CT molecular complexity index is 749. The molecular formula is C18H22F2N2O2. The zero-order chi connectivity index (χ0) is 16.7. The van der Waals surface area contributed by atoms with Crippen molar-refractivity contribution in [1.82, 2.24) is 9.55 Å². The highest BCUT2D eigenvalue weighted by atomic mass is 19.1. The topological polar surface area (TPSA) is 36.3 Å². The first-order valence-electron chi connectivity index (χ1n) is 8.81. The van der Waals surface area contributed by atoms with Crippen molar-refractivity contribution >= 4 is 11.0 Å². The van der Waals surface area contributed by atoms with Crippen LogP contribution in [-0.4, -0.2) is 21.8 Å². The van der Waals surface area contributed by atoms with E-state index in [1.807, 2.05) is 0 Å². The van der Waals surface area contributed by atoms with E-state index in [1.54, 1.807) is 7.05 Å². The van der Waals surface area contributed by atoms with E-state index >= 15 is 0 Å². The number of aromatic nitrogens is 2. The van der Waals surface area contributed by atoms with Crippen LogP contribution in [0.4, 0.5) is 8.78 Å². The van der Waals surface area contributed by atoms with Gasteiger partial charge < -0.3 is 9.47 Å². The van der Waals surface area contributed by atoms with Gasteiger partial charge in [0.1, 0.15) is 17.1 Å². The average molecular weight is 336 g/mol. The lowest BCUT2D eigenvalue weighted by molar-refractivity contribution is 0.115. The third-order valence-electron chi connectivity index (χ3n) is 5.13. The van der Waals surface area contributed by atoms with Crippen LogP contribution >= 0.6 is 0 Å². The Kier molecular flexibility index (Phi) is 4.06. The van der Waals surface area contributed by atoms with Crippen LogP contribution in [-0.2, 0) is 7.05 Å². The summed E-state index contributed by atoms with van der Waals surface area (Å²) in [6.07, 6.45) is 8.30. The van der Waals surface area contributed by atoms with Gasteiger partial charge in [-0.1, -0.05) is 6.42 Å². The van der Waals surface area contributed by atoms with E-state index in [2.05, 4.69) is 4.98 Å². The highest BCUT2D eigenvalue weighted by Gasteiger charge is 2.26. The van der Waals surface area contributed by atoms with E-state index < -0.39 is 11.6 Å². The van der Waals surface area contributed by atoms with E-state index in [-0.39, 0.29) is 35.0 Å². The first-order valence-corrected chi connectivity index (χ1v) is 8.81. The molecule has 0 radical (unpaired) electrons. The van der Waals surface area contributed by atoms with Gasteiger partial charge >= 0.3 is 0 Å². The minimum Gasteiger partial charge on any atom is -0.487 e. The Morgan fingerprint density at radius 1 is 1.00 bits per heavy atom. The molecule has 24 heavy (non-hydrogen) atoms. The molecular weight excluding hydrogens is 314 g/mol. The van der Waals surface area contributed by atoms with Crippen molar-refractivity contribution in [2.75, 3.05) is 0 Å². The molecule has 0 bridgehead atoms. The fourth-order valence-electron chi connectivity index (χ4n) is 3.45. The van der Waals surface area contributed by atoms with Crippen LogP contribution in [0.2, 0.25) is 0 Å². The second kappa shape index (κ2) is 6.22. The molecule has 1 aromatic heterocycles. The molecule has 0 aliphatic heterocycles. The minimum atomic E-state index is -0.574. The lowest BCUT2D eigenvalue weighted by atomic mass is 9.96. The fourth-order valence-corrected chi connectivity index (χ4v) is 3.45. The SMILES string of the molecule is Cn1c(OC2CCCCC2)nc2c(F)cc(OC3CCC3)c(F)c21. The molecule has 2 aliphatic carbocycles. The molecule has 1 aromatic carbocycles. The van der Waals surface area contributed by atoms with Crippen LogP contribution in [0.5, 0.6) is 11.8 Å². The molecule has 4 nitrogen and oxygen atoms in total. The quantitative estimate of drug-likeness (QED) is 0.825. The fraction of sp³-hybridized carbons (Fsp3) is 0.611. The van der Waals surface area contributed by atoms with Crippen molar-refractivity contribution in [3.63, 3.8) is 0 Å². The Labute approximate surface area is 139 Å². The molecule has 0 unspecified atom stereocenters. The number of nitrogens with zero attached hydrogens (tertiary/aromatic N) is 2. The predicted molar refractivity (Wildman–Crippen MR) is 86.4 cm³/mol. The summed E-state index contributed by atoms with van der Waals surface area (Å²) in [6, 6.07) is 1.38. The van der Waals surface area contributed by atoms with E-state index in [0.717, 1.165) is 51.0 Å². The van der Waals surface area contributed by atoms with Crippen LogP contribution in [0, 0.1) is 11.6 Å². The van der Waals surface area contributed by atoms with Gasteiger partial charge in [-0.15, -0.1) is 0 Å². The predicted octanol–water partition coefficient (Wildman–Crippen LogP) is 4.49. The lowest BCUT2D eigenvalue weighted by Gasteiger charge is -2.26. The Hall–Kier alpha value is -1.85. The summed E-state index contributed by atoms with van der Waals surface area (Å²) in [5.74, 6) is -1.17. The Balaban J connectivity index is 1.68. The Morgan fingerprint density at radius 2 is 1.67 bits per heavy atom. The molecule has 2 saturated carbocycles. The molecule has 6 heteroatoms. The average Bonchev–Trinajstić information content (AvgIpc) is 2.86. The maximum atomic E-state index is 14.8. The summed E-state index contributed by atoms with van der Waals surface area (Å²) in [6.45, 7) is 0. The number of hydrogen-bond acceptors (Lipinski definition) is 3. The van der Waals surface area contributed by atoms with Crippen molar-refractivity contribution in [2.45, 2.75) is 63.6 Å². The zero-order valence-corrected chi connectivity index (χ0v) is 13.9. The van der Waals surface area contributed by atoms with Crippen LogP contribution in [0.1, 0.15) is 51.4 Å². The van der Waals surface area contributed by atoms with Gasteiger partial charge in [-0.2, -0.15) is 4.98 Å². The van der Waals surface area contributed by atoms with Gasteiger partial charge in [-0.25, -0.2) is 8.78 Å². The summed E-state index contributed by atoms with van der Waals surface area (Å²) in [5.41, 5.74) is 0.108. The molecule has 2 aromatic rings. The highest BCUT2D eigenvalue weighted by molar-refractivity contribution is 5.80. The summed E-state index contributed by atoms with van der Waals surface area (Å²) in [5, 5.41) is 0. The third kappa shape index (κ3) is 2.72.